The zero-order valence-corrected chi connectivity index (χ0v) is 12.4. The fourth-order valence-corrected chi connectivity index (χ4v) is 3.96. The molecule has 106 valence electrons. The molecular weight excluding hydrogens is 252 g/mol. The maximum absolute atomic E-state index is 11.8. The van der Waals surface area contributed by atoms with Crippen molar-refractivity contribution in [2.45, 2.75) is 37.8 Å². The van der Waals surface area contributed by atoms with Crippen molar-refractivity contribution >= 4 is 10.0 Å². The third-order valence-electron chi connectivity index (χ3n) is 4.31. The predicted octanol–water partition coefficient (Wildman–Crippen LogP) is 0.521. The first-order valence-electron chi connectivity index (χ1n) is 6.67. The Hall–Kier alpha value is -0.170. The van der Waals surface area contributed by atoms with E-state index in [1.54, 1.807) is 11.2 Å². The Morgan fingerprint density at radius 1 is 1.33 bits per heavy atom. The molecule has 18 heavy (non-hydrogen) atoms. The SMILES string of the molecule is CCS(=O)(=O)N1CCC2(CC1)CC(N(C)C)CO2. The first-order valence-corrected chi connectivity index (χ1v) is 8.28. The van der Waals surface area contributed by atoms with Gasteiger partial charge in [-0.25, -0.2) is 12.7 Å². The second kappa shape index (κ2) is 5.07. The number of piperidine rings is 1. The van der Waals surface area contributed by atoms with E-state index in [4.69, 9.17) is 4.74 Å². The summed E-state index contributed by atoms with van der Waals surface area (Å²) in [4.78, 5) is 2.20. The van der Waals surface area contributed by atoms with Crippen LogP contribution in [-0.4, -0.2) is 68.8 Å². The van der Waals surface area contributed by atoms with Crippen LogP contribution < -0.4 is 0 Å². The summed E-state index contributed by atoms with van der Waals surface area (Å²) in [5.74, 6) is 0.196. The van der Waals surface area contributed by atoms with Crippen molar-refractivity contribution in [1.29, 1.82) is 0 Å². The minimum atomic E-state index is -3.03. The largest absolute Gasteiger partial charge is 0.373 e. The lowest BCUT2D eigenvalue weighted by Crippen LogP contribution is -2.47. The lowest BCUT2D eigenvalue weighted by molar-refractivity contribution is -0.0315. The normalized spacial score (nSPS) is 29.2. The van der Waals surface area contributed by atoms with Gasteiger partial charge in [0.1, 0.15) is 0 Å². The Balaban J connectivity index is 1.95. The van der Waals surface area contributed by atoms with E-state index < -0.39 is 10.0 Å². The fourth-order valence-electron chi connectivity index (χ4n) is 2.85. The number of rotatable bonds is 3. The average Bonchev–Trinajstić information content (AvgIpc) is 2.74. The van der Waals surface area contributed by atoms with E-state index in [1.165, 1.54) is 0 Å². The Labute approximate surface area is 110 Å². The van der Waals surface area contributed by atoms with Gasteiger partial charge in [-0.15, -0.1) is 0 Å². The Bertz CT molecular complexity index is 386. The van der Waals surface area contributed by atoms with E-state index in [9.17, 15) is 8.42 Å². The van der Waals surface area contributed by atoms with Crippen LogP contribution in [0.5, 0.6) is 0 Å². The second-order valence-corrected chi connectivity index (χ2v) is 7.87. The van der Waals surface area contributed by atoms with Crippen LogP contribution in [0.15, 0.2) is 0 Å². The van der Waals surface area contributed by atoms with Crippen molar-refractivity contribution in [2.75, 3.05) is 39.5 Å². The summed E-state index contributed by atoms with van der Waals surface area (Å²) < 4.78 is 31.2. The van der Waals surface area contributed by atoms with Gasteiger partial charge in [-0.05, 0) is 40.3 Å². The quantitative estimate of drug-likeness (QED) is 0.754. The van der Waals surface area contributed by atoms with Crippen molar-refractivity contribution in [3.05, 3.63) is 0 Å². The highest BCUT2D eigenvalue weighted by Gasteiger charge is 2.44. The molecule has 2 aliphatic heterocycles. The van der Waals surface area contributed by atoms with Crippen LogP contribution in [0.25, 0.3) is 0 Å². The third-order valence-corrected chi connectivity index (χ3v) is 6.19. The number of sulfonamides is 1. The molecule has 1 unspecified atom stereocenters. The first kappa shape index (κ1) is 14.2. The van der Waals surface area contributed by atoms with Crippen LogP contribution >= 0.6 is 0 Å². The molecule has 0 saturated carbocycles. The molecule has 0 amide bonds. The van der Waals surface area contributed by atoms with Gasteiger partial charge in [-0.2, -0.15) is 0 Å². The zero-order chi connectivity index (χ0) is 13.4. The van der Waals surface area contributed by atoms with Gasteiger partial charge in [-0.3, -0.25) is 0 Å². The van der Waals surface area contributed by atoms with E-state index >= 15 is 0 Å². The molecule has 5 nitrogen and oxygen atoms in total. The summed E-state index contributed by atoms with van der Waals surface area (Å²) in [6, 6.07) is 0.472. The van der Waals surface area contributed by atoms with Crippen molar-refractivity contribution < 1.29 is 13.2 Å². The Kier molecular flexibility index (Phi) is 4.02. The molecule has 2 rings (SSSR count). The maximum Gasteiger partial charge on any atom is 0.213 e. The van der Waals surface area contributed by atoms with E-state index in [1.807, 2.05) is 0 Å². The molecule has 0 aromatic heterocycles. The zero-order valence-electron chi connectivity index (χ0n) is 11.6. The monoisotopic (exact) mass is 276 g/mol. The van der Waals surface area contributed by atoms with Crippen molar-refractivity contribution in [1.82, 2.24) is 9.21 Å². The summed E-state index contributed by atoms with van der Waals surface area (Å²) in [6.07, 6.45) is 2.69. The molecule has 1 atom stereocenters. The van der Waals surface area contributed by atoms with Gasteiger partial charge in [0.2, 0.25) is 10.0 Å². The van der Waals surface area contributed by atoms with Crippen molar-refractivity contribution in [2.24, 2.45) is 0 Å². The highest BCUT2D eigenvalue weighted by Crippen LogP contribution is 2.37. The summed E-state index contributed by atoms with van der Waals surface area (Å²) in [6.45, 7) is 3.69. The highest BCUT2D eigenvalue weighted by molar-refractivity contribution is 7.89. The Morgan fingerprint density at radius 2 is 1.94 bits per heavy atom. The summed E-state index contributed by atoms with van der Waals surface area (Å²) in [7, 11) is 1.12. The third kappa shape index (κ3) is 2.71. The number of hydrogen-bond donors (Lipinski definition) is 0. The molecule has 2 saturated heterocycles. The van der Waals surface area contributed by atoms with Crippen LogP contribution in [0, 0.1) is 0 Å². The molecule has 0 bridgehead atoms. The standard InChI is InChI=1S/C12H24N2O3S/c1-4-18(15,16)14-7-5-12(6-8-14)9-11(10-17-12)13(2)3/h11H,4-10H2,1-3H3. The van der Waals surface area contributed by atoms with Crippen LogP contribution in [0.3, 0.4) is 0 Å². The lowest BCUT2D eigenvalue weighted by atomic mass is 9.88. The molecule has 2 fully saturated rings. The summed E-state index contributed by atoms with van der Waals surface area (Å²) >= 11 is 0. The molecular formula is C12H24N2O3S. The Morgan fingerprint density at radius 3 is 2.39 bits per heavy atom. The van der Waals surface area contributed by atoms with Gasteiger partial charge in [-0.1, -0.05) is 0 Å². The maximum atomic E-state index is 11.8. The molecule has 0 aromatic carbocycles. The number of likely N-dealkylation sites (N-methyl/N-ethyl adjacent to an activating group) is 1. The first-order chi connectivity index (χ1) is 8.38. The van der Waals surface area contributed by atoms with Crippen LogP contribution in [0.1, 0.15) is 26.2 Å². The van der Waals surface area contributed by atoms with Crippen molar-refractivity contribution in [3.8, 4) is 0 Å². The summed E-state index contributed by atoms with van der Waals surface area (Å²) in [5.41, 5.74) is -0.0747. The highest BCUT2D eigenvalue weighted by atomic mass is 32.2. The molecule has 0 aliphatic carbocycles. The van der Waals surface area contributed by atoms with Gasteiger partial charge in [0.25, 0.3) is 0 Å². The van der Waals surface area contributed by atoms with Crippen LogP contribution in [0.4, 0.5) is 0 Å². The molecule has 2 heterocycles. The molecule has 6 heteroatoms. The fraction of sp³-hybridized carbons (Fsp3) is 1.00. The van der Waals surface area contributed by atoms with Gasteiger partial charge >= 0.3 is 0 Å². The number of nitrogens with zero attached hydrogens (tertiary/aromatic N) is 2. The minimum absolute atomic E-state index is 0.0747. The second-order valence-electron chi connectivity index (χ2n) is 5.62. The smallest absolute Gasteiger partial charge is 0.213 e. The molecule has 2 aliphatic rings. The molecule has 1 spiro atoms. The predicted molar refractivity (Wildman–Crippen MR) is 71.0 cm³/mol. The molecule has 0 N–H and O–H groups in total. The van der Waals surface area contributed by atoms with E-state index in [0.29, 0.717) is 19.1 Å². The summed E-state index contributed by atoms with van der Waals surface area (Å²) in [5, 5.41) is 0. The number of ether oxygens (including phenoxy) is 1. The van der Waals surface area contributed by atoms with Crippen molar-refractivity contribution in [3.63, 3.8) is 0 Å². The van der Waals surface area contributed by atoms with Crippen LogP contribution in [-0.2, 0) is 14.8 Å². The lowest BCUT2D eigenvalue weighted by Gasteiger charge is -2.38. The number of hydrogen-bond acceptors (Lipinski definition) is 4. The van der Waals surface area contributed by atoms with Gasteiger partial charge in [0.15, 0.2) is 0 Å². The van der Waals surface area contributed by atoms with E-state index in [2.05, 4.69) is 19.0 Å². The van der Waals surface area contributed by atoms with Gasteiger partial charge in [0, 0.05) is 19.1 Å². The molecule has 0 aromatic rings. The van der Waals surface area contributed by atoms with Crippen LogP contribution in [0.2, 0.25) is 0 Å². The minimum Gasteiger partial charge on any atom is -0.373 e. The van der Waals surface area contributed by atoms with Gasteiger partial charge < -0.3 is 9.64 Å². The average molecular weight is 276 g/mol. The van der Waals surface area contributed by atoms with E-state index in [0.717, 1.165) is 25.9 Å². The molecule has 0 radical (unpaired) electrons. The topological polar surface area (TPSA) is 49.9 Å². The van der Waals surface area contributed by atoms with E-state index in [-0.39, 0.29) is 11.4 Å². The van der Waals surface area contributed by atoms with Gasteiger partial charge in [0.05, 0.1) is 18.0 Å².